The van der Waals surface area contributed by atoms with Crippen LogP contribution in [0.4, 0.5) is 11.6 Å². The Balaban J connectivity index is 1.79. The number of halogens is 1. The van der Waals surface area contributed by atoms with Crippen LogP contribution in [-0.2, 0) is 4.79 Å². The van der Waals surface area contributed by atoms with E-state index in [1.807, 2.05) is 0 Å². The van der Waals surface area contributed by atoms with Gasteiger partial charge in [0.15, 0.2) is 5.82 Å². The predicted octanol–water partition coefficient (Wildman–Crippen LogP) is 2.80. The minimum absolute atomic E-state index is 0.0765. The SMILES string of the molecule is CC(=O)Nc1ccc(C(=O)Nc2ncnc(-c3ccccn3)n2)c(Cl)c1. The minimum atomic E-state index is -0.484. The normalized spacial score (nSPS) is 10.2. The van der Waals surface area contributed by atoms with Gasteiger partial charge in [-0.25, -0.2) is 9.97 Å². The average Bonchev–Trinajstić information content (AvgIpc) is 2.62. The summed E-state index contributed by atoms with van der Waals surface area (Å²) in [5.41, 5.74) is 1.28. The molecule has 2 N–H and O–H groups in total. The topological polar surface area (TPSA) is 110 Å². The molecule has 1 aromatic carbocycles. The van der Waals surface area contributed by atoms with Gasteiger partial charge in [-0.2, -0.15) is 4.98 Å². The number of benzene rings is 1. The maximum atomic E-state index is 12.4. The molecule has 0 radical (unpaired) electrons. The van der Waals surface area contributed by atoms with Gasteiger partial charge in [0.25, 0.3) is 5.91 Å². The smallest absolute Gasteiger partial charge is 0.259 e. The van der Waals surface area contributed by atoms with E-state index in [1.54, 1.807) is 30.5 Å². The van der Waals surface area contributed by atoms with Gasteiger partial charge in [0.1, 0.15) is 12.0 Å². The molecule has 26 heavy (non-hydrogen) atoms. The zero-order valence-electron chi connectivity index (χ0n) is 13.6. The highest BCUT2D eigenvalue weighted by Gasteiger charge is 2.14. The van der Waals surface area contributed by atoms with Crippen LogP contribution in [0, 0.1) is 0 Å². The molecule has 0 spiro atoms. The first-order valence-corrected chi connectivity index (χ1v) is 7.89. The Kier molecular flexibility index (Phi) is 5.14. The second-order valence-electron chi connectivity index (χ2n) is 5.18. The van der Waals surface area contributed by atoms with E-state index in [0.29, 0.717) is 17.2 Å². The van der Waals surface area contributed by atoms with E-state index in [2.05, 4.69) is 30.6 Å². The van der Waals surface area contributed by atoms with Gasteiger partial charge in [-0.1, -0.05) is 17.7 Å². The summed E-state index contributed by atoms with van der Waals surface area (Å²) in [6.45, 7) is 1.38. The van der Waals surface area contributed by atoms with E-state index in [4.69, 9.17) is 11.6 Å². The number of nitrogens with zero attached hydrogens (tertiary/aromatic N) is 4. The predicted molar refractivity (Wildman–Crippen MR) is 96.8 cm³/mol. The number of carbonyl (C=O) groups is 2. The highest BCUT2D eigenvalue weighted by atomic mass is 35.5. The highest BCUT2D eigenvalue weighted by Crippen LogP contribution is 2.22. The van der Waals surface area contributed by atoms with Gasteiger partial charge in [-0.3, -0.25) is 19.9 Å². The summed E-state index contributed by atoms with van der Waals surface area (Å²) in [4.78, 5) is 39.8. The molecule has 0 fully saturated rings. The summed E-state index contributed by atoms with van der Waals surface area (Å²) in [5, 5.41) is 5.35. The van der Waals surface area contributed by atoms with Gasteiger partial charge in [0.2, 0.25) is 11.9 Å². The molecule has 0 aliphatic carbocycles. The lowest BCUT2D eigenvalue weighted by molar-refractivity contribution is -0.114. The Bertz CT molecular complexity index is 964. The van der Waals surface area contributed by atoms with Crippen LogP contribution in [0.15, 0.2) is 48.9 Å². The maximum Gasteiger partial charge on any atom is 0.259 e. The molecule has 2 amide bonds. The van der Waals surface area contributed by atoms with Crippen molar-refractivity contribution in [1.29, 1.82) is 0 Å². The number of hydrogen-bond donors (Lipinski definition) is 2. The number of amides is 2. The van der Waals surface area contributed by atoms with Crippen LogP contribution in [0.2, 0.25) is 5.02 Å². The van der Waals surface area contributed by atoms with Crippen molar-refractivity contribution < 1.29 is 9.59 Å². The van der Waals surface area contributed by atoms with Gasteiger partial charge in [-0.05, 0) is 30.3 Å². The van der Waals surface area contributed by atoms with Crippen LogP contribution >= 0.6 is 11.6 Å². The minimum Gasteiger partial charge on any atom is -0.326 e. The molecular weight excluding hydrogens is 356 g/mol. The summed E-state index contributed by atoms with van der Waals surface area (Å²) in [5.74, 6) is -0.302. The molecular formula is C17H13ClN6O2. The van der Waals surface area contributed by atoms with Gasteiger partial charge >= 0.3 is 0 Å². The second kappa shape index (κ2) is 7.66. The average molecular weight is 369 g/mol. The molecule has 0 aliphatic rings. The molecule has 0 saturated carbocycles. The Hall–Kier alpha value is -3.39. The Labute approximate surface area is 153 Å². The first-order valence-electron chi connectivity index (χ1n) is 7.52. The summed E-state index contributed by atoms with van der Waals surface area (Å²) >= 11 is 6.13. The second-order valence-corrected chi connectivity index (χ2v) is 5.58. The molecule has 3 rings (SSSR count). The van der Waals surface area contributed by atoms with Crippen LogP contribution in [0.1, 0.15) is 17.3 Å². The summed E-state index contributed by atoms with van der Waals surface area (Å²) in [6, 6.07) is 9.91. The molecule has 130 valence electrons. The largest absolute Gasteiger partial charge is 0.326 e. The Morgan fingerprint density at radius 3 is 2.58 bits per heavy atom. The molecule has 9 heteroatoms. The van der Waals surface area contributed by atoms with E-state index in [-0.39, 0.29) is 22.4 Å². The van der Waals surface area contributed by atoms with Gasteiger partial charge in [0, 0.05) is 18.8 Å². The lowest BCUT2D eigenvalue weighted by atomic mass is 10.2. The van der Waals surface area contributed by atoms with Gasteiger partial charge < -0.3 is 5.32 Å². The summed E-state index contributed by atoms with van der Waals surface area (Å²) in [7, 11) is 0. The van der Waals surface area contributed by atoms with Crippen molar-refractivity contribution in [1.82, 2.24) is 19.9 Å². The van der Waals surface area contributed by atoms with Crippen LogP contribution < -0.4 is 10.6 Å². The lowest BCUT2D eigenvalue weighted by Gasteiger charge is -2.08. The van der Waals surface area contributed by atoms with E-state index in [9.17, 15) is 9.59 Å². The first-order chi connectivity index (χ1) is 12.5. The fourth-order valence-corrected chi connectivity index (χ4v) is 2.39. The fourth-order valence-electron chi connectivity index (χ4n) is 2.12. The molecule has 0 atom stereocenters. The van der Waals surface area contributed by atoms with Crippen molar-refractivity contribution in [2.45, 2.75) is 6.92 Å². The van der Waals surface area contributed by atoms with E-state index < -0.39 is 5.91 Å². The summed E-state index contributed by atoms with van der Waals surface area (Å²) in [6.07, 6.45) is 2.90. The molecule has 2 heterocycles. The molecule has 8 nitrogen and oxygen atoms in total. The van der Waals surface area contributed by atoms with Gasteiger partial charge in [-0.15, -0.1) is 0 Å². The molecule has 0 saturated heterocycles. The quantitative estimate of drug-likeness (QED) is 0.732. The van der Waals surface area contributed by atoms with E-state index in [0.717, 1.165) is 0 Å². The fraction of sp³-hybridized carbons (Fsp3) is 0.0588. The van der Waals surface area contributed by atoms with Crippen molar-refractivity contribution >= 4 is 35.1 Å². The molecule has 0 unspecified atom stereocenters. The van der Waals surface area contributed by atoms with Crippen LogP contribution in [0.5, 0.6) is 0 Å². The number of aromatic nitrogens is 4. The zero-order valence-corrected chi connectivity index (χ0v) is 14.4. The van der Waals surface area contributed by atoms with E-state index in [1.165, 1.54) is 25.4 Å². The summed E-state index contributed by atoms with van der Waals surface area (Å²) < 4.78 is 0. The third kappa shape index (κ3) is 4.17. The third-order valence-electron chi connectivity index (χ3n) is 3.23. The number of nitrogens with one attached hydrogen (secondary N) is 2. The molecule has 3 aromatic rings. The van der Waals surface area contributed by atoms with Crippen LogP contribution in [0.25, 0.3) is 11.5 Å². The lowest BCUT2D eigenvalue weighted by Crippen LogP contribution is -2.15. The first kappa shape index (κ1) is 17.4. The number of rotatable bonds is 4. The van der Waals surface area contributed by atoms with Crippen LogP contribution in [-0.4, -0.2) is 31.8 Å². The number of hydrogen-bond acceptors (Lipinski definition) is 6. The third-order valence-corrected chi connectivity index (χ3v) is 3.54. The van der Waals surface area contributed by atoms with Crippen molar-refractivity contribution in [3.63, 3.8) is 0 Å². The zero-order chi connectivity index (χ0) is 18.5. The van der Waals surface area contributed by atoms with Crippen LogP contribution in [0.3, 0.4) is 0 Å². The van der Waals surface area contributed by atoms with Crippen molar-refractivity contribution in [3.8, 4) is 11.5 Å². The van der Waals surface area contributed by atoms with E-state index >= 15 is 0 Å². The Morgan fingerprint density at radius 2 is 1.88 bits per heavy atom. The Morgan fingerprint density at radius 1 is 1.04 bits per heavy atom. The van der Waals surface area contributed by atoms with Crippen molar-refractivity contribution in [3.05, 3.63) is 59.5 Å². The molecule has 2 aromatic heterocycles. The standard InChI is InChI=1S/C17H13ClN6O2/c1-10(25)22-11-5-6-12(13(18)8-11)16(26)24-17-21-9-20-15(23-17)14-4-2-3-7-19-14/h2-9H,1H3,(H,22,25)(H,20,21,23,24,26). The number of anilines is 2. The van der Waals surface area contributed by atoms with Crippen molar-refractivity contribution in [2.24, 2.45) is 0 Å². The maximum absolute atomic E-state index is 12.4. The molecule has 0 bridgehead atoms. The highest BCUT2D eigenvalue weighted by molar-refractivity contribution is 6.34. The monoisotopic (exact) mass is 368 g/mol. The number of carbonyl (C=O) groups excluding carboxylic acids is 2. The van der Waals surface area contributed by atoms with Crippen molar-refractivity contribution in [2.75, 3.05) is 10.6 Å². The van der Waals surface area contributed by atoms with Gasteiger partial charge in [0.05, 0.1) is 10.6 Å². The number of pyridine rings is 1. The molecule has 0 aliphatic heterocycles.